The molecule has 1 aromatic carbocycles. The van der Waals surface area contributed by atoms with Crippen molar-refractivity contribution in [3.05, 3.63) is 29.3 Å². The van der Waals surface area contributed by atoms with Crippen molar-refractivity contribution < 1.29 is 23.2 Å². The number of para-hydroxylation sites is 1. The Balaban J connectivity index is 0.000000707. The third kappa shape index (κ3) is 4.66. The van der Waals surface area contributed by atoms with Crippen LogP contribution < -0.4 is 4.52 Å². The lowest BCUT2D eigenvalue weighted by Gasteiger charge is -2.60. The fraction of sp³-hybridized carbons (Fsp3) is 0.667. The zero-order chi connectivity index (χ0) is 21.8. The van der Waals surface area contributed by atoms with Gasteiger partial charge in [-0.05, 0) is 41.7 Å². The summed E-state index contributed by atoms with van der Waals surface area (Å²) in [5.74, 6) is 1.37. The van der Waals surface area contributed by atoms with Crippen LogP contribution in [0.1, 0.15) is 70.3 Å². The molecule has 8 heteroatoms. The maximum atomic E-state index is 11.9. The first-order valence-corrected chi connectivity index (χ1v) is 11.6. The SMILES string of the molecule is CC.CC.CC1(C)C2CC3OB(Cc4cccc(C(=O)OP)c4OP)OC3C1C2. The summed E-state index contributed by atoms with van der Waals surface area (Å²) in [6, 6.07) is 5.43. The molecule has 1 heterocycles. The van der Waals surface area contributed by atoms with E-state index in [4.69, 9.17) is 18.4 Å². The largest absolute Gasteiger partial charge is 0.479 e. The number of carbonyl (C=O) groups excluding carboxylic acids is 1. The first-order valence-electron chi connectivity index (χ1n) is 10.7. The van der Waals surface area contributed by atoms with Crippen LogP contribution in [-0.2, 0) is 20.2 Å². The van der Waals surface area contributed by atoms with Gasteiger partial charge in [0, 0.05) is 6.32 Å². The molecule has 6 atom stereocenters. The van der Waals surface area contributed by atoms with E-state index in [0.29, 0.717) is 29.0 Å². The van der Waals surface area contributed by atoms with Crippen molar-refractivity contribution in [2.75, 3.05) is 0 Å². The van der Waals surface area contributed by atoms with Gasteiger partial charge in [0.25, 0.3) is 0 Å². The second-order valence-corrected chi connectivity index (χ2v) is 8.29. The Labute approximate surface area is 180 Å². The lowest BCUT2D eigenvalue weighted by atomic mass is 9.47. The fourth-order valence-electron chi connectivity index (χ4n) is 4.79. The maximum absolute atomic E-state index is 11.9. The van der Waals surface area contributed by atoms with Crippen LogP contribution >= 0.6 is 18.9 Å². The first kappa shape index (κ1) is 24.6. The van der Waals surface area contributed by atoms with E-state index in [9.17, 15) is 4.79 Å². The summed E-state index contributed by atoms with van der Waals surface area (Å²) in [7, 11) is 3.87. The van der Waals surface area contributed by atoms with Crippen molar-refractivity contribution in [2.45, 2.75) is 72.9 Å². The van der Waals surface area contributed by atoms with Gasteiger partial charge in [0.05, 0.1) is 31.1 Å². The topological polar surface area (TPSA) is 54.0 Å². The maximum Gasteiger partial charge on any atom is 0.462 e. The summed E-state index contributed by atoms with van der Waals surface area (Å²) in [5, 5.41) is 0. The minimum atomic E-state index is -0.450. The van der Waals surface area contributed by atoms with Gasteiger partial charge in [-0.2, -0.15) is 0 Å². The predicted molar refractivity (Wildman–Crippen MR) is 124 cm³/mol. The van der Waals surface area contributed by atoms with Crippen molar-refractivity contribution in [1.82, 2.24) is 0 Å². The van der Waals surface area contributed by atoms with E-state index in [0.717, 1.165) is 17.9 Å². The van der Waals surface area contributed by atoms with Crippen LogP contribution in [0.15, 0.2) is 18.2 Å². The molecule has 0 radical (unpaired) electrons. The number of hydrogen-bond acceptors (Lipinski definition) is 5. The van der Waals surface area contributed by atoms with Crippen molar-refractivity contribution in [3.63, 3.8) is 0 Å². The number of hydrogen-bond donors (Lipinski definition) is 0. The van der Waals surface area contributed by atoms with Crippen molar-refractivity contribution >= 4 is 32.0 Å². The van der Waals surface area contributed by atoms with Gasteiger partial charge in [-0.15, -0.1) is 0 Å². The van der Waals surface area contributed by atoms with Crippen LogP contribution in [-0.4, -0.2) is 25.3 Å². The highest BCUT2D eigenvalue weighted by atomic mass is 31.0. The average molecular weight is 440 g/mol. The molecule has 1 saturated heterocycles. The summed E-state index contributed by atoms with van der Waals surface area (Å²) < 4.78 is 22.6. The number of carbonyl (C=O) groups is 1. The molecule has 0 amide bonds. The van der Waals surface area contributed by atoms with Crippen LogP contribution in [0.25, 0.3) is 0 Å². The molecule has 0 N–H and O–H groups in total. The van der Waals surface area contributed by atoms with Crippen LogP contribution in [0, 0.1) is 17.3 Å². The molecule has 29 heavy (non-hydrogen) atoms. The molecule has 162 valence electrons. The van der Waals surface area contributed by atoms with Gasteiger partial charge in [0.1, 0.15) is 11.3 Å². The second kappa shape index (κ2) is 10.6. The molecule has 6 unspecified atom stereocenters. The predicted octanol–water partition coefficient (Wildman–Crippen LogP) is 5.27. The molecule has 3 saturated carbocycles. The summed E-state index contributed by atoms with van der Waals surface area (Å²) >= 11 is 0. The van der Waals surface area contributed by atoms with Crippen molar-refractivity contribution in [2.24, 2.45) is 17.3 Å². The van der Waals surface area contributed by atoms with Gasteiger partial charge in [-0.3, -0.25) is 0 Å². The van der Waals surface area contributed by atoms with Gasteiger partial charge < -0.3 is 18.4 Å². The smallest absolute Gasteiger partial charge is 0.462 e. The molecule has 4 fully saturated rings. The Morgan fingerprint density at radius 3 is 2.45 bits per heavy atom. The Hall–Kier alpha value is -0.665. The van der Waals surface area contributed by atoms with Crippen molar-refractivity contribution in [1.29, 1.82) is 0 Å². The minimum absolute atomic E-state index is 0.186. The zero-order valence-corrected chi connectivity index (χ0v) is 20.7. The molecule has 2 bridgehead atoms. The summed E-state index contributed by atoms with van der Waals surface area (Å²) in [4.78, 5) is 11.9. The Morgan fingerprint density at radius 2 is 1.86 bits per heavy atom. The van der Waals surface area contributed by atoms with E-state index in [1.165, 1.54) is 6.42 Å². The average Bonchev–Trinajstić information content (AvgIpc) is 3.18. The standard InChI is InChI=1S/C17H23BO5P2.2C2H6/c1-17(2)10-6-12(17)15-13(7-10)20-18(21-15)8-9-4-3-5-11(14(9)22-24)16(19)23-25;2*1-2/h3-5,10,12-13,15H,6-8,24-25H2,1-2H3;2*1-2H3. The molecule has 1 aromatic rings. The van der Waals surface area contributed by atoms with Gasteiger partial charge in [0.15, 0.2) is 0 Å². The van der Waals surface area contributed by atoms with Gasteiger partial charge in [-0.1, -0.05) is 53.7 Å². The Morgan fingerprint density at radius 1 is 1.17 bits per heavy atom. The van der Waals surface area contributed by atoms with E-state index in [-0.39, 0.29) is 19.3 Å². The van der Waals surface area contributed by atoms with E-state index in [1.54, 1.807) is 6.07 Å². The molecular formula is C21H35BO5P2. The molecule has 4 aliphatic rings. The zero-order valence-electron chi connectivity index (χ0n) is 18.4. The minimum Gasteiger partial charge on any atom is -0.479 e. The quantitative estimate of drug-likeness (QED) is 0.472. The molecule has 5 nitrogen and oxygen atoms in total. The Bertz CT molecular complexity index is 700. The first-order chi connectivity index (χ1) is 14.0. The molecule has 3 aliphatic carbocycles. The third-order valence-electron chi connectivity index (χ3n) is 6.39. The molecular weight excluding hydrogens is 405 g/mol. The molecule has 0 aromatic heterocycles. The fourth-order valence-corrected chi connectivity index (χ4v) is 5.20. The molecule has 1 aliphatic heterocycles. The summed E-state index contributed by atoms with van der Waals surface area (Å²) in [5.41, 5.74) is 1.62. The number of benzene rings is 1. The van der Waals surface area contributed by atoms with Crippen LogP contribution in [0.4, 0.5) is 0 Å². The van der Waals surface area contributed by atoms with Crippen LogP contribution in [0.2, 0.25) is 0 Å². The lowest BCUT2D eigenvalue weighted by molar-refractivity contribution is -0.150. The van der Waals surface area contributed by atoms with Crippen LogP contribution in [0.5, 0.6) is 5.75 Å². The number of rotatable bonds is 4. The third-order valence-corrected chi connectivity index (χ3v) is 6.84. The van der Waals surface area contributed by atoms with E-state index in [2.05, 4.69) is 23.3 Å². The summed E-state index contributed by atoms with van der Waals surface area (Å²) in [6.07, 6.45) is 3.26. The monoisotopic (exact) mass is 440 g/mol. The highest BCUT2D eigenvalue weighted by molar-refractivity contribution is 7.11. The van der Waals surface area contributed by atoms with Gasteiger partial charge in [0.2, 0.25) is 0 Å². The molecule has 5 rings (SSSR count). The van der Waals surface area contributed by atoms with E-state index >= 15 is 0 Å². The van der Waals surface area contributed by atoms with E-state index < -0.39 is 5.97 Å². The highest BCUT2D eigenvalue weighted by Crippen LogP contribution is 2.61. The van der Waals surface area contributed by atoms with E-state index in [1.807, 2.05) is 49.3 Å². The van der Waals surface area contributed by atoms with Gasteiger partial charge in [-0.25, -0.2) is 4.79 Å². The summed E-state index contributed by atoms with van der Waals surface area (Å²) in [6.45, 7) is 12.7. The molecule has 0 spiro atoms. The van der Waals surface area contributed by atoms with Gasteiger partial charge >= 0.3 is 13.1 Å². The normalized spacial score (nSPS) is 27.9. The van der Waals surface area contributed by atoms with Crippen LogP contribution in [0.3, 0.4) is 0 Å². The van der Waals surface area contributed by atoms with Crippen molar-refractivity contribution in [3.8, 4) is 5.75 Å². The Kier molecular flexibility index (Phi) is 8.97. The second-order valence-electron chi connectivity index (χ2n) is 7.82. The highest BCUT2D eigenvalue weighted by Gasteiger charge is 2.61. The lowest BCUT2D eigenvalue weighted by Crippen LogP contribution is -2.59.